The van der Waals surface area contributed by atoms with Crippen LogP contribution < -0.4 is 5.32 Å². The fourth-order valence-corrected chi connectivity index (χ4v) is 3.06. The molecular formula is C19H26N4O2. The van der Waals surface area contributed by atoms with Crippen LogP contribution in [0.4, 0.5) is 0 Å². The van der Waals surface area contributed by atoms with Crippen molar-refractivity contribution in [2.45, 2.75) is 45.6 Å². The largest absolute Gasteiger partial charge is 0.339 e. The SMILES string of the molecule is CC(C)c1ccc(-c2noc(CCC(=O)N3CCNC[C@@H]3C)n2)cc1. The minimum Gasteiger partial charge on any atom is -0.339 e. The minimum absolute atomic E-state index is 0.148. The number of carbonyl (C=O) groups excluding carboxylic acids is 1. The summed E-state index contributed by atoms with van der Waals surface area (Å²) in [7, 11) is 0. The van der Waals surface area contributed by atoms with E-state index in [9.17, 15) is 4.79 Å². The Hall–Kier alpha value is -2.21. The highest BCUT2D eigenvalue weighted by molar-refractivity contribution is 5.76. The quantitative estimate of drug-likeness (QED) is 0.904. The van der Waals surface area contributed by atoms with E-state index in [1.54, 1.807) is 0 Å². The van der Waals surface area contributed by atoms with Gasteiger partial charge in [-0.3, -0.25) is 4.79 Å². The summed E-state index contributed by atoms with van der Waals surface area (Å²) in [5, 5.41) is 7.34. The van der Waals surface area contributed by atoms with Crippen LogP contribution in [0.25, 0.3) is 11.4 Å². The zero-order chi connectivity index (χ0) is 17.8. The normalized spacial score (nSPS) is 17.9. The molecule has 2 aromatic rings. The smallest absolute Gasteiger partial charge is 0.227 e. The number of hydrogen-bond acceptors (Lipinski definition) is 5. The van der Waals surface area contributed by atoms with E-state index in [1.165, 1.54) is 5.56 Å². The molecular weight excluding hydrogens is 316 g/mol. The van der Waals surface area contributed by atoms with E-state index in [0.29, 0.717) is 30.5 Å². The summed E-state index contributed by atoms with van der Waals surface area (Å²) in [6.45, 7) is 8.86. The van der Waals surface area contributed by atoms with Gasteiger partial charge in [-0.15, -0.1) is 0 Å². The van der Waals surface area contributed by atoms with Crippen molar-refractivity contribution in [3.8, 4) is 11.4 Å². The Labute approximate surface area is 148 Å². The molecule has 3 rings (SSSR count). The summed E-state index contributed by atoms with van der Waals surface area (Å²) in [4.78, 5) is 18.7. The predicted molar refractivity (Wildman–Crippen MR) is 96.2 cm³/mol. The molecule has 1 amide bonds. The molecule has 6 nitrogen and oxygen atoms in total. The lowest BCUT2D eigenvalue weighted by atomic mass is 10.0. The van der Waals surface area contributed by atoms with Gasteiger partial charge in [0.1, 0.15) is 0 Å². The number of nitrogens with one attached hydrogen (secondary N) is 1. The Bertz CT molecular complexity index is 708. The molecule has 1 aromatic heterocycles. The highest BCUT2D eigenvalue weighted by Gasteiger charge is 2.23. The van der Waals surface area contributed by atoms with Crippen LogP contribution in [0.2, 0.25) is 0 Å². The molecule has 1 atom stereocenters. The lowest BCUT2D eigenvalue weighted by Crippen LogP contribution is -2.52. The molecule has 134 valence electrons. The Morgan fingerprint density at radius 2 is 2.12 bits per heavy atom. The van der Waals surface area contributed by atoms with Crippen molar-refractivity contribution in [1.82, 2.24) is 20.4 Å². The molecule has 0 radical (unpaired) electrons. The van der Waals surface area contributed by atoms with Crippen LogP contribution in [0.15, 0.2) is 28.8 Å². The van der Waals surface area contributed by atoms with Gasteiger partial charge < -0.3 is 14.7 Å². The first-order valence-electron chi connectivity index (χ1n) is 8.97. The maximum absolute atomic E-state index is 12.4. The maximum atomic E-state index is 12.4. The fourth-order valence-electron chi connectivity index (χ4n) is 3.06. The summed E-state index contributed by atoms with van der Waals surface area (Å²) in [6.07, 6.45) is 0.880. The predicted octanol–water partition coefficient (Wildman–Crippen LogP) is 2.61. The molecule has 1 N–H and O–H groups in total. The summed E-state index contributed by atoms with van der Waals surface area (Å²) in [5.41, 5.74) is 2.21. The van der Waals surface area contributed by atoms with E-state index in [4.69, 9.17) is 4.52 Å². The number of hydrogen-bond donors (Lipinski definition) is 1. The Kier molecular flexibility index (Phi) is 5.48. The topological polar surface area (TPSA) is 71.3 Å². The van der Waals surface area contributed by atoms with E-state index in [1.807, 2.05) is 17.0 Å². The molecule has 2 heterocycles. The highest BCUT2D eigenvalue weighted by Crippen LogP contribution is 2.21. The van der Waals surface area contributed by atoms with Gasteiger partial charge in [-0.25, -0.2) is 0 Å². The van der Waals surface area contributed by atoms with Gasteiger partial charge in [0.15, 0.2) is 0 Å². The number of piperazine rings is 1. The third-order valence-electron chi connectivity index (χ3n) is 4.68. The van der Waals surface area contributed by atoms with Crippen LogP contribution >= 0.6 is 0 Å². The molecule has 0 aliphatic carbocycles. The highest BCUT2D eigenvalue weighted by atomic mass is 16.5. The molecule has 1 aromatic carbocycles. The maximum Gasteiger partial charge on any atom is 0.227 e. The lowest BCUT2D eigenvalue weighted by molar-refractivity contribution is -0.134. The van der Waals surface area contributed by atoms with Crippen molar-refractivity contribution >= 4 is 5.91 Å². The van der Waals surface area contributed by atoms with Gasteiger partial charge in [-0.1, -0.05) is 43.3 Å². The van der Waals surface area contributed by atoms with E-state index in [2.05, 4.69) is 48.4 Å². The van der Waals surface area contributed by atoms with Crippen molar-refractivity contribution < 1.29 is 9.32 Å². The standard InChI is InChI=1S/C19H26N4O2/c1-13(2)15-4-6-16(7-5-15)19-21-17(25-22-19)8-9-18(24)23-11-10-20-12-14(23)3/h4-7,13-14,20H,8-12H2,1-3H3/t14-/m0/s1. The molecule has 6 heteroatoms. The van der Waals surface area contributed by atoms with Crippen molar-refractivity contribution in [2.24, 2.45) is 0 Å². The number of carbonyl (C=O) groups is 1. The zero-order valence-corrected chi connectivity index (χ0v) is 15.2. The molecule has 1 aliphatic heterocycles. The first-order valence-corrected chi connectivity index (χ1v) is 8.97. The monoisotopic (exact) mass is 342 g/mol. The molecule has 25 heavy (non-hydrogen) atoms. The van der Waals surface area contributed by atoms with Crippen LogP contribution in [0.1, 0.15) is 44.6 Å². The molecule has 1 aliphatic rings. The number of rotatable bonds is 5. The average Bonchev–Trinajstić information content (AvgIpc) is 3.09. The minimum atomic E-state index is 0.148. The number of nitrogens with zero attached hydrogens (tertiary/aromatic N) is 3. The molecule has 1 saturated heterocycles. The van der Waals surface area contributed by atoms with E-state index < -0.39 is 0 Å². The van der Waals surface area contributed by atoms with Gasteiger partial charge >= 0.3 is 0 Å². The summed E-state index contributed by atoms with van der Waals surface area (Å²) >= 11 is 0. The van der Waals surface area contributed by atoms with Crippen molar-refractivity contribution in [3.63, 3.8) is 0 Å². The van der Waals surface area contributed by atoms with Gasteiger partial charge in [0.25, 0.3) is 0 Å². The summed E-state index contributed by atoms with van der Waals surface area (Å²) < 4.78 is 5.32. The summed E-state index contributed by atoms with van der Waals surface area (Å²) in [5.74, 6) is 1.73. The van der Waals surface area contributed by atoms with Gasteiger partial charge in [0.05, 0.1) is 0 Å². The van der Waals surface area contributed by atoms with Crippen LogP contribution in [-0.4, -0.2) is 46.6 Å². The fraction of sp³-hybridized carbons (Fsp3) is 0.526. The van der Waals surface area contributed by atoms with Crippen LogP contribution in [0.5, 0.6) is 0 Å². The second kappa shape index (κ2) is 7.78. The molecule has 0 saturated carbocycles. The average molecular weight is 342 g/mol. The molecule has 0 bridgehead atoms. The van der Waals surface area contributed by atoms with Gasteiger partial charge in [0, 0.05) is 44.1 Å². The van der Waals surface area contributed by atoms with E-state index >= 15 is 0 Å². The first-order chi connectivity index (χ1) is 12.0. The van der Waals surface area contributed by atoms with Crippen LogP contribution in [-0.2, 0) is 11.2 Å². The Morgan fingerprint density at radius 1 is 1.36 bits per heavy atom. The number of aromatic nitrogens is 2. The Balaban J connectivity index is 1.59. The summed E-state index contributed by atoms with van der Waals surface area (Å²) in [6, 6.07) is 8.44. The lowest BCUT2D eigenvalue weighted by Gasteiger charge is -2.34. The van der Waals surface area contributed by atoms with Gasteiger partial charge in [-0.05, 0) is 18.4 Å². The molecule has 1 fully saturated rings. The van der Waals surface area contributed by atoms with E-state index in [0.717, 1.165) is 25.2 Å². The van der Waals surface area contributed by atoms with Crippen molar-refractivity contribution in [2.75, 3.05) is 19.6 Å². The van der Waals surface area contributed by atoms with E-state index in [-0.39, 0.29) is 11.9 Å². The van der Waals surface area contributed by atoms with Crippen molar-refractivity contribution in [3.05, 3.63) is 35.7 Å². The third kappa shape index (κ3) is 4.25. The second-order valence-electron chi connectivity index (χ2n) is 6.93. The van der Waals surface area contributed by atoms with Crippen LogP contribution in [0, 0.1) is 0 Å². The molecule has 0 unspecified atom stereocenters. The number of amides is 1. The number of aryl methyl sites for hydroxylation is 1. The van der Waals surface area contributed by atoms with Gasteiger partial charge in [-0.2, -0.15) is 4.98 Å². The number of benzene rings is 1. The zero-order valence-electron chi connectivity index (χ0n) is 15.2. The third-order valence-corrected chi connectivity index (χ3v) is 4.68. The molecule has 0 spiro atoms. The first kappa shape index (κ1) is 17.6. The Morgan fingerprint density at radius 3 is 2.80 bits per heavy atom. The van der Waals surface area contributed by atoms with Gasteiger partial charge in [0.2, 0.25) is 17.6 Å². The van der Waals surface area contributed by atoms with Crippen molar-refractivity contribution in [1.29, 1.82) is 0 Å². The van der Waals surface area contributed by atoms with Crippen LogP contribution in [0.3, 0.4) is 0 Å². The second-order valence-corrected chi connectivity index (χ2v) is 6.93.